The van der Waals surface area contributed by atoms with E-state index in [1.807, 2.05) is 20.8 Å². The van der Waals surface area contributed by atoms with Crippen molar-refractivity contribution in [2.75, 3.05) is 18.0 Å². The summed E-state index contributed by atoms with van der Waals surface area (Å²) in [4.78, 5) is 28.6. The van der Waals surface area contributed by atoms with Crippen molar-refractivity contribution in [3.8, 4) is 5.75 Å². The minimum atomic E-state index is -4.24. The first kappa shape index (κ1) is 32.2. The van der Waals surface area contributed by atoms with E-state index in [-0.39, 0.29) is 39.1 Å². The minimum Gasteiger partial charge on any atom is -0.497 e. The zero-order valence-electron chi connectivity index (χ0n) is 23.7. The Morgan fingerprint density at radius 3 is 2.20 bits per heavy atom. The maximum absolute atomic E-state index is 14.0. The molecule has 0 spiro atoms. The number of sulfonamides is 1. The molecule has 0 radical (unpaired) electrons. The molecule has 0 heterocycles. The van der Waals surface area contributed by atoms with Crippen LogP contribution in [0.3, 0.4) is 0 Å². The number of benzene rings is 3. The first-order valence-electron chi connectivity index (χ1n) is 13.1. The number of aryl methyl sites for hydroxylation is 1. The molecule has 3 aromatic rings. The Balaban J connectivity index is 2.07. The Kier molecular flexibility index (Phi) is 11.1. The summed E-state index contributed by atoms with van der Waals surface area (Å²) in [5.74, 6) is -0.357. The third-order valence-electron chi connectivity index (χ3n) is 6.68. The summed E-state index contributed by atoms with van der Waals surface area (Å²) >= 11 is 12.5. The predicted octanol–water partition coefficient (Wildman–Crippen LogP) is 5.84. The lowest BCUT2D eigenvalue weighted by atomic mass is 10.1. The van der Waals surface area contributed by atoms with Gasteiger partial charge in [0.2, 0.25) is 11.8 Å². The molecule has 41 heavy (non-hydrogen) atoms. The molecule has 2 amide bonds. The number of anilines is 1. The van der Waals surface area contributed by atoms with E-state index in [0.29, 0.717) is 17.7 Å². The molecule has 0 bridgehead atoms. The highest BCUT2D eigenvalue weighted by atomic mass is 35.5. The van der Waals surface area contributed by atoms with Crippen LogP contribution >= 0.6 is 23.2 Å². The second kappa shape index (κ2) is 14.1. The lowest BCUT2D eigenvalue weighted by molar-refractivity contribution is -0.139. The number of carbonyl (C=O) groups excluding carboxylic acids is 2. The maximum Gasteiger partial charge on any atom is 0.264 e. The molecule has 0 saturated heterocycles. The SMILES string of the molecule is CC[C@H](C)NC(=O)[C@@H](C)N(Cc1cccc(OC)c1)C(=O)CN(c1cc(Cl)cc(Cl)c1)S(=O)(=O)c1ccc(C)cc1. The first-order valence-corrected chi connectivity index (χ1v) is 15.3. The Morgan fingerprint density at radius 1 is 0.976 bits per heavy atom. The van der Waals surface area contributed by atoms with Crippen LogP contribution in [0.2, 0.25) is 10.0 Å². The molecule has 0 unspecified atom stereocenters. The van der Waals surface area contributed by atoms with Gasteiger partial charge in [0.1, 0.15) is 18.3 Å². The van der Waals surface area contributed by atoms with Gasteiger partial charge in [0.15, 0.2) is 0 Å². The van der Waals surface area contributed by atoms with Crippen LogP contribution in [-0.4, -0.2) is 50.9 Å². The standard InChI is InChI=1S/C30H35Cl2N3O5S/c1-6-21(3)33-30(37)22(4)34(18-23-8-7-9-27(14-23)40-5)29(36)19-35(26-16-24(31)15-25(32)17-26)41(38,39)28-12-10-20(2)11-13-28/h7-17,21-22H,6,18-19H2,1-5H3,(H,33,37)/t21-,22+/m0/s1. The van der Waals surface area contributed by atoms with Crippen molar-refractivity contribution in [1.82, 2.24) is 10.2 Å². The van der Waals surface area contributed by atoms with Crippen molar-refractivity contribution in [2.45, 2.75) is 57.6 Å². The van der Waals surface area contributed by atoms with Crippen molar-refractivity contribution in [3.05, 3.63) is 87.9 Å². The molecule has 3 rings (SSSR count). The maximum atomic E-state index is 14.0. The number of carbonyl (C=O) groups is 2. The summed E-state index contributed by atoms with van der Waals surface area (Å²) in [7, 11) is -2.70. The zero-order valence-corrected chi connectivity index (χ0v) is 26.1. The number of ether oxygens (including phenoxy) is 1. The molecule has 2 atom stereocenters. The average Bonchev–Trinajstić information content (AvgIpc) is 2.93. The van der Waals surface area contributed by atoms with Crippen LogP contribution in [-0.2, 0) is 26.2 Å². The van der Waals surface area contributed by atoms with Crippen molar-refractivity contribution < 1.29 is 22.7 Å². The molecule has 0 aliphatic carbocycles. The smallest absolute Gasteiger partial charge is 0.264 e. The molecule has 220 valence electrons. The molecule has 0 saturated carbocycles. The van der Waals surface area contributed by atoms with E-state index >= 15 is 0 Å². The van der Waals surface area contributed by atoms with Gasteiger partial charge in [0.25, 0.3) is 10.0 Å². The normalized spacial score (nSPS) is 12.8. The molecule has 3 aromatic carbocycles. The van der Waals surface area contributed by atoms with E-state index in [4.69, 9.17) is 27.9 Å². The Morgan fingerprint density at radius 2 is 1.61 bits per heavy atom. The van der Waals surface area contributed by atoms with E-state index in [1.165, 1.54) is 42.3 Å². The molecule has 8 nitrogen and oxygen atoms in total. The number of hydrogen-bond acceptors (Lipinski definition) is 5. The monoisotopic (exact) mass is 619 g/mol. The number of nitrogens with zero attached hydrogens (tertiary/aromatic N) is 2. The average molecular weight is 621 g/mol. The number of hydrogen-bond donors (Lipinski definition) is 1. The van der Waals surface area contributed by atoms with E-state index in [9.17, 15) is 18.0 Å². The summed E-state index contributed by atoms with van der Waals surface area (Å²) in [5.41, 5.74) is 1.71. The molecular formula is C30H35Cl2N3O5S. The lowest BCUT2D eigenvalue weighted by Gasteiger charge is -2.32. The van der Waals surface area contributed by atoms with Gasteiger partial charge in [-0.15, -0.1) is 0 Å². The van der Waals surface area contributed by atoms with Gasteiger partial charge >= 0.3 is 0 Å². The zero-order chi connectivity index (χ0) is 30.3. The summed E-state index contributed by atoms with van der Waals surface area (Å²) in [6.07, 6.45) is 0.709. The number of halogens is 2. The number of methoxy groups -OCH3 is 1. The molecule has 0 aliphatic rings. The number of rotatable bonds is 12. The fraction of sp³-hybridized carbons (Fsp3) is 0.333. The summed E-state index contributed by atoms with van der Waals surface area (Å²) in [6.45, 7) is 6.72. The van der Waals surface area contributed by atoms with Crippen molar-refractivity contribution >= 4 is 50.7 Å². The van der Waals surface area contributed by atoms with Crippen LogP contribution in [0.25, 0.3) is 0 Å². The van der Waals surface area contributed by atoms with Gasteiger partial charge in [-0.25, -0.2) is 8.42 Å². The van der Waals surface area contributed by atoms with Gasteiger partial charge in [-0.2, -0.15) is 0 Å². The fourth-order valence-corrected chi connectivity index (χ4v) is 5.98. The second-order valence-electron chi connectivity index (χ2n) is 9.82. The molecular weight excluding hydrogens is 585 g/mol. The highest BCUT2D eigenvalue weighted by Crippen LogP contribution is 2.30. The van der Waals surface area contributed by atoms with Gasteiger partial charge < -0.3 is 15.0 Å². The first-order chi connectivity index (χ1) is 19.3. The summed E-state index contributed by atoms with van der Waals surface area (Å²) < 4.78 is 34.1. The van der Waals surface area contributed by atoms with Gasteiger partial charge in [0.05, 0.1) is 17.7 Å². The van der Waals surface area contributed by atoms with Crippen molar-refractivity contribution in [2.24, 2.45) is 0 Å². The van der Waals surface area contributed by atoms with Gasteiger partial charge in [-0.1, -0.05) is 60.0 Å². The Bertz CT molecular complexity index is 1460. The number of nitrogens with one attached hydrogen (secondary N) is 1. The highest BCUT2D eigenvalue weighted by molar-refractivity contribution is 7.92. The van der Waals surface area contributed by atoms with E-state index in [1.54, 1.807) is 43.3 Å². The van der Waals surface area contributed by atoms with Crippen LogP contribution in [0.5, 0.6) is 5.75 Å². The van der Waals surface area contributed by atoms with Crippen LogP contribution in [0.4, 0.5) is 5.69 Å². The van der Waals surface area contributed by atoms with E-state index < -0.39 is 28.5 Å². The number of amides is 2. The third-order valence-corrected chi connectivity index (χ3v) is 8.90. The summed E-state index contributed by atoms with van der Waals surface area (Å²) in [6, 6.07) is 16.7. The second-order valence-corrected chi connectivity index (χ2v) is 12.6. The van der Waals surface area contributed by atoms with Crippen LogP contribution in [0.15, 0.2) is 71.6 Å². The topological polar surface area (TPSA) is 96.0 Å². The highest BCUT2D eigenvalue weighted by Gasteiger charge is 2.33. The quantitative estimate of drug-likeness (QED) is 0.275. The predicted molar refractivity (Wildman–Crippen MR) is 163 cm³/mol. The molecule has 0 fully saturated rings. The third kappa shape index (κ3) is 8.38. The van der Waals surface area contributed by atoms with Crippen LogP contribution in [0.1, 0.15) is 38.3 Å². The van der Waals surface area contributed by atoms with Gasteiger partial charge in [-0.3, -0.25) is 13.9 Å². The fourth-order valence-electron chi connectivity index (χ4n) is 4.07. The minimum absolute atomic E-state index is 0.00564. The van der Waals surface area contributed by atoms with Crippen molar-refractivity contribution in [3.63, 3.8) is 0 Å². The largest absolute Gasteiger partial charge is 0.497 e. The molecule has 0 aromatic heterocycles. The van der Waals surface area contributed by atoms with Crippen molar-refractivity contribution in [1.29, 1.82) is 0 Å². The summed E-state index contributed by atoms with van der Waals surface area (Å²) in [5, 5.41) is 3.32. The van der Waals surface area contributed by atoms with E-state index in [2.05, 4.69) is 5.32 Å². The van der Waals surface area contributed by atoms with Gasteiger partial charge in [-0.05, 0) is 75.2 Å². The lowest BCUT2D eigenvalue weighted by Crippen LogP contribution is -2.52. The molecule has 1 N–H and O–H groups in total. The van der Waals surface area contributed by atoms with Crippen LogP contribution in [0, 0.1) is 6.92 Å². The molecule has 11 heteroatoms. The Hall–Kier alpha value is -3.27. The van der Waals surface area contributed by atoms with Crippen LogP contribution < -0.4 is 14.4 Å². The Labute approximate surface area is 252 Å². The molecule has 0 aliphatic heterocycles. The van der Waals surface area contributed by atoms with Gasteiger partial charge in [0, 0.05) is 22.6 Å². The van der Waals surface area contributed by atoms with E-state index in [0.717, 1.165) is 9.87 Å².